The van der Waals surface area contributed by atoms with E-state index >= 15 is 0 Å². The van der Waals surface area contributed by atoms with Gasteiger partial charge in [0.25, 0.3) is 0 Å². The van der Waals surface area contributed by atoms with E-state index < -0.39 is 0 Å². The smallest absolute Gasteiger partial charge is 0.227 e. The summed E-state index contributed by atoms with van der Waals surface area (Å²) < 4.78 is 2.05. The lowest BCUT2D eigenvalue weighted by molar-refractivity contribution is 0.112. The van der Waals surface area contributed by atoms with E-state index in [0.717, 1.165) is 85.3 Å². The van der Waals surface area contributed by atoms with Crippen molar-refractivity contribution in [2.45, 2.75) is 50.5 Å². The van der Waals surface area contributed by atoms with Gasteiger partial charge in [0.1, 0.15) is 6.29 Å². The van der Waals surface area contributed by atoms with Crippen molar-refractivity contribution in [3.63, 3.8) is 0 Å². The monoisotopic (exact) mass is 464 g/mol. The largest absolute Gasteiger partial charge is 0.321 e. The fourth-order valence-corrected chi connectivity index (χ4v) is 4.85. The quantitative estimate of drug-likeness (QED) is 0.482. The first kappa shape index (κ1) is 22.0. The predicted molar refractivity (Wildman–Crippen MR) is 130 cm³/mol. The molecule has 0 atom stereocenters. The average Bonchev–Trinajstić information content (AvgIpc) is 3.58. The molecular weight excluding hydrogens is 436 g/mol. The molecule has 172 valence electrons. The molecule has 0 amide bonds. The number of nitrogens with zero attached hydrogens (tertiary/aromatic N) is 5. The van der Waals surface area contributed by atoms with Crippen molar-refractivity contribution in [1.29, 1.82) is 0 Å². The molecule has 1 N–H and O–H groups in total. The van der Waals surface area contributed by atoms with E-state index in [9.17, 15) is 4.79 Å². The van der Waals surface area contributed by atoms with Gasteiger partial charge < -0.3 is 10.2 Å². The molecule has 2 aromatic heterocycles. The summed E-state index contributed by atoms with van der Waals surface area (Å²) in [7, 11) is 2.16. The molecule has 1 saturated carbocycles. The second-order valence-electron chi connectivity index (χ2n) is 9.26. The molecule has 2 fully saturated rings. The maximum atomic E-state index is 11.4. The minimum Gasteiger partial charge on any atom is -0.321 e. The lowest BCUT2D eigenvalue weighted by Gasteiger charge is -2.28. The Hall–Kier alpha value is -2.77. The van der Waals surface area contributed by atoms with Crippen LogP contribution < -0.4 is 5.32 Å². The summed E-state index contributed by atoms with van der Waals surface area (Å²) in [5.74, 6) is 1.06. The van der Waals surface area contributed by atoms with E-state index in [4.69, 9.17) is 11.6 Å². The number of aldehydes is 1. The molecule has 0 unspecified atom stereocenters. The summed E-state index contributed by atoms with van der Waals surface area (Å²) in [4.78, 5) is 22.7. The van der Waals surface area contributed by atoms with E-state index in [-0.39, 0.29) is 0 Å². The van der Waals surface area contributed by atoms with Gasteiger partial charge in [-0.1, -0.05) is 11.6 Å². The van der Waals surface area contributed by atoms with E-state index in [1.54, 1.807) is 0 Å². The molecule has 1 saturated heterocycles. The lowest BCUT2D eigenvalue weighted by atomic mass is 9.99. The molecule has 1 aromatic carbocycles. The summed E-state index contributed by atoms with van der Waals surface area (Å²) in [6.45, 7) is 2.20. The number of carbonyl (C=O) groups excluding carboxylic acids is 1. The molecule has 2 aliphatic rings. The minimum atomic E-state index is 0.449. The van der Waals surface area contributed by atoms with E-state index in [1.165, 1.54) is 0 Å². The van der Waals surface area contributed by atoms with Crippen LogP contribution in [0.15, 0.2) is 36.9 Å². The molecule has 5 rings (SSSR count). The summed E-state index contributed by atoms with van der Waals surface area (Å²) in [5, 5.41) is 8.59. The number of aryl methyl sites for hydroxylation is 2. The second-order valence-corrected chi connectivity index (χ2v) is 9.64. The standard InChI is InChI=1S/C25H29ClN6O/c1-31-8-6-22(7-9-31)32-15-21(14-29-32)30-25-27-12-17(13-28-25)2-3-20-10-18(16-33)11-23(24(20)26)19-4-5-19/h10-16,19,22H,2-9H2,1H3,(H,27,28,30). The first-order chi connectivity index (χ1) is 16.1. The maximum Gasteiger partial charge on any atom is 0.227 e. The number of hydrogen-bond donors (Lipinski definition) is 1. The van der Waals surface area contributed by atoms with Gasteiger partial charge in [0.15, 0.2) is 0 Å². The van der Waals surface area contributed by atoms with Crippen LogP contribution in [0.2, 0.25) is 5.02 Å². The van der Waals surface area contributed by atoms with Gasteiger partial charge >= 0.3 is 0 Å². The number of rotatable bonds is 8. The second kappa shape index (κ2) is 9.61. The zero-order chi connectivity index (χ0) is 22.8. The molecule has 0 bridgehead atoms. The number of aromatic nitrogens is 4. The van der Waals surface area contributed by atoms with Gasteiger partial charge in [-0.05, 0) is 93.4 Å². The molecule has 3 aromatic rings. The van der Waals surface area contributed by atoms with Crippen LogP contribution in [-0.4, -0.2) is 51.1 Å². The van der Waals surface area contributed by atoms with Crippen molar-refractivity contribution in [2.75, 3.05) is 25.5 Å². The summed E-state index contributed by atoms with van der Waals surface area (Å²) in [6.07, 6.45) is 14.5. The zero-order valence-corrected chi connectivity index (χ0v) is 19.6. The number of benzene rings is 1. The Kier molecular flexibility index (Phi) is 6.42. The molecule has 0 radical (unpaired) electrons. The Morgan fingerprint density at radius 3 is 2.55 bits per heavy atom. The van der Waals surface area contributed by atoms with Crippen LogP contribution in [0.4, 0.5) is 11.6 Å². The Balaban J connectivity index is 1.20. The van der Waals surface area contributed by atoms with Crippen molar-refractivity contribution in [3.05, 3.63) is 64.2 Å². The van der Waals surface area contributed by atoms with Gasteiger partial charge in [0, 0.05) is 29.2 Å². The van der Waals surface area contributed by atoms with Gasteiger partial charge in [-0.2, -0.15) is 5.10 Å². The Morgan fingerprint density at radius 2 is 1.85 bits per heavy atom. The van der Waals surface area contributed by atoms with Crippen LogP contribution in [0.25, 0.3) is 0 Å². The van der Waals surface area contributed by atoms with Crippen molar-refractivity contribution < 1.29 is 4.79 Å². The molecular formula is C25H29ClN6O. The van der Waals surface area contributed by atoms with Gasteiger partial charge in [0.05, 0.1) is 17.9 Å². The van der Waals surface area contributed by atoms with E-state index in [2.05, 4.69) is 37.0 Å². The van der Waals surface area contributed by atoms with Crippen LogP contribution in [0.5, 0.6) is 0 Å². The molecule has 1 aliphatic heterocycles. The maximum absolute atomic E-state index is 11.4. The zero-order valence-electron chi connectivity index (χ0n) is 18.9. The van der Waals surface area contributed by atoms with Gasteiger partial charge in [0.2, 0.25) is 5.95 Å². The molecule has 1 aliphatic carbocycles. The van der Waals surface area contributed by atoms with Crippen molar-refractivity contribution in [2.24, 2.45) is 0 Å². The van der Waals surface area contributed by atoms with Crippen molar-refractivity contribution >= 4 is 29.5 Å². The van der Waals surface area contributed by atoms with Crippen LogP contribution in [0.1, 0.15) is 64.7 Å². The number of nitrogens with one attached hydrogen (secondary N) is 1. The van der Waals surface area contributed by atoms with Gasteiger partial charge in [-0.25, -0.2) is 9.97 Å². The SMILES string of the molecule is CN1CCC(n2cc(Nc3ncc(CCc4cc(C=O)cc(C5CC5)c4Cl)cn3)cn2)CC1. The summed E-state index contributed by atoms with van der Waals surface area (Å²) in [5.41, 5.74) is 4.77. The fourth-order valence-electron chi connectivity index (χ4n) is 4.49. The highest BCUT2D eigenvalue weighted by atomic mass is 35.5. The van der Waals surface area contributed by atoms with E-state index in [0.29, 0.717) is 23.5 Å². The van der Waals surface area contributed by atoms with Gasteiger partial charge in [-0.3, -0.25) is 9.48 Å². The van der Waals surface area contributed by atoms with Crippen molar-refractivity contribution in [3.8, 4) is 0 Å². The third-order valence-electron chi connectivity index (χ3n) is 6.66. The molecule has 33 heavy (non-hydrogen) atoms. The molecule has 7 nitrogen and oxygen atoms in total. The fraction of sp³-hybridized carbons (Fsp3) is 0.440. The van der Waals surface area contributed by atoms with Crippen LogP contribution in [-0.2, 0) is 12.8 Å². The van der Waals surface area contributed by atoms with Crippen LogP contribution >= 0.6 is 11.6 Å². The van der Waals surface area contributed by atoms with Crippen LogP contribution in [0.3, 0.4) is 0 Å². The predicted octanol–water partition coefficient (Wildman–Crippen LogP) is 4.81. The Morgan fingerprint density at radius 1 is 1.09 bits per heavy atom. The Labute approximate surface area is 199 Å². The third kappa shape index (κ3) is 5.25. The van der Waals surface area contributed by atoms with Crippen molar-refractivity contribution in [1.82, 2.24) is 24.6 Å². The highest BCUT2D eigenvalue weighted by Gasteiger charge is 2.27. The molecule has 3 heterocycles. The third-order valence-corrected chi connectivity index (χ3v) is 7.12. The number of piperidine rings is 1. The highest BCUT2D eigenvalue weighted by molar-refractivity contribution is 6.32. The van der Waals surface area contributed by atoms with Gasteiger partial charge in [-0.15, -0.1) is 0 Å². The normalized spacial score (nSPS) is 17.3. The summed E-state index contributed by atoms with van der Waals surface area (Å²) in [6, 6.07) is 4.29. The lowest BCUT2D eigenvalue weighted by Crippen LogP contribution is -2.31. The number of hydrogen-bond acceptors (Lipinski definition) is 6. The van der Waals surface area contributed by atoms with E-state index in [1.807, 2.05) is 36.9 Å². The number of carbonyl (C=O) groups is 1. The molecule has 8 heteroatoms. The highest BCUT2D eigenvalue weighted by Crippen LogP contribution is 2.44. The number of likely N-dealkylation sites (tertiary alicyclic amines) is 1. The number of anilines is 2. The minimum absolute atomic E-state index is 0.449. The summed E-state index contributed by atoms with van der Waals surface area (Å²) >= 11 is 6.65. The first-order valence-electron chi connectivity index (χ1n) is 11.7. The van der Waals surface area contributed by atoms with Crippen LogP contribution in [0, 0.1) is 0 Å². The Bertz CT molecular complexity index is 1120. The number of halogens is 1. The molecule has 0 spiro atoms. The topological polar surface area (TPSA) is 75.9 Å². The average molecular weight is 465 g/mol. The first-order valence-corrected chi connectivity index (χ1v) is 12.0.